The van der Waals surface area contributed by atoms with Crippen molar-refractivity contribution in [1.82, 2.24) is 0 Å². The molecule has 11 heavy (non-hydrogen) atoms. The quantitative estimate of drug-likeness (QED) is 0.369. The second-order valence-corrected chi connectivity index (χ2v) is 2.84. The summed E-state index contributed by atoms with van der Waals surface area (Å²) in [5.41, 5.74) is 0. The molecule has 0 spiro atoms. The molecule has 0 saturated heterocycles. The summed E-state index contributed by atoms with van der Waals surface area (Å²) in [5.74, 6) is -0.263. The molecule has 0 heterocycles. The van der Waals surface area contributed by atoms with Gasteiger partial charge in [0.1, 0.15) is 6.54 Å². The van der Waals surface area contributed by atoms with Crippen molar-refractivity contribution in [2.75, 3.05) is 19.4 Å². The summed E-state index contributed by atoms with van der Waals surface area (Å²) in [4.78, 5) is 14.7. The summed E-state index contributed by atoms with van der Waals surface area (Å²) >= 11 is 1.53. The third-order valence-corrected chi connectivity index (χ3v) is 1.75. The minimum Gasteiger partial charge on any atom is -0.465 e. The zero-order chi connectivity index (χ0) is 8.69. The maximum absolute atomic E-state index is 10.7. The standard InChI is InChI=1S/C7H13NO2S/c1-4-10-7(9)5-8-6(2)11-3/h4-5H2,1-3H3. The summed E-state index contributed by atoms with van der Waals surface area (Å²) < 4.78 is 4.68. The van der Waals surface area contributed by atoms with Crippen molar-refractivity contribution in [3.8, 4) is 0 Å². The Morgan fingerprint density at radius 2 is 2.27 bits per heavy atom. The van der Waals surface area contributed by atoms with E-state index in [0.29, 0.717) is 6.61 Å². The van der Waals surface area contributed by atoms with E-state index in [0.717, 1.165) is 5.04 Å². The van der Waals surface area contributed by atoms with Crippen LogP contribution in [-0.2, 0) is 9.53 Å². The Bertz CT molecular complexity index is 157. The maximum Gasteiger partial charge on any atom is 0.327 e. The highest BCUT2D eigenvalue weighted by Crippen LogP contribution is 1.96. The first-order valence-corrected chi connectivity index (χ1v) is 4.63. The zero-order valence-corrected chi connectivity index (χ0v) is 7.90. The van der Waals surface area contributed by atoms with E-state index in [2.05, 4.69) is 9.73 Å². The minimum absolute atomic E-state index is 0.139. The average Bonchev–Trinajstić information content (AvgIpc) is 2.01. The van der Waals surface area contributed by atoms with E-state index in [1.807, 2.05) is 13.2 Å². The highest BCUT2D eigenvalue weighted by Gasteiger charge is 1.97. The van der Waals surface area contributed by atoms with Crippen LogP contribution in [0.1, 0.15) is 13.8 Å². The lowest BCUT2D eigenvalue weighted by Crippen LogP contribution is -2.08. The van der Waals surface area contributed by atoms with Crippen LogP contribution in [0.5, 0.6) is 0 Å². The molecule has 0 radical (unpaired) electrons. The van der Waals surface area contributed by atoms with E-state index < -0.39 is 0 Å². The van der Waals surface area contributed by atoms with Gasteiger partial charge >= 0.3 is 5.97 Å². The van der Waals surface area contributed by atoms with Crippen LogP contribution in [0.25, 0.3) is 0 Å². The summed E-state index contributed by atoms with van der Waals surface area (Å²) in [6.45, 7) is 4.21. The van der Waals surface area contributed by atoms with Crippen LogP contribution < -0.4 is 0 Å². The van der Waals surface area contributed by atoms with Gasteiger partial charge in [-0.15, -0.1) is 11.8 Å². The average molecular weight is 175 g/mol. The lowest BCUT2D eigenvalue weighted by Gasteiger charge is -1.97. The van der Waals surface area contributed by atoms with Gasteiger partial charge in [-0.1, -0.05) is 0 Å². The Morgan fingerprint density at radius 3 is 2.73 bits per heavy atom. The summed E-state index contributed by atoms with van der Waals surface area (Å²) in [6.07, 6.45) is 1.92. The van der Waals surface area contributed by atoms with Gasteiger partial charge < -0.3 is 4.74 Å². The SMILES string of the molecule is CCOC(=O)CN=C(C)SC. The van der Waals surface area contributed by atoms with Crippen molar-refractivity contribution in [3.63, 3.8) is 0 Å². The van der Waals surface area contributed by atoms with E-state index in [9.17, 15) is 4.79 Å². The molecule has 0 aliphatic carbocycles. The second kappa shape index (κ2) is 6.22. The highest BCUT2D eigenvalue weighted by molar-refractivity contribution is 8.13. The zero-order valence-electron chi connectivity index (χ0n) is 7.09. The number of esters is 1. The van der Waals surface area contributed by atoms with Crippen LogP contribution in [0.2, 0.25) is 0 Å². The van der Waals surface area contributed by atoms with Gasteiger partial charge in [0, 0.05) is 0 Å². The first kappa shape index (κ1) is 10.5. The fraction of sp³-hybridized carbons (Fsp3) is 0.714. The molecule has 0 bridgehead atoms. The largest absolute Gasteiger partial charge is 0.465 e. The Labute approximate surface area is 71.2 Å². The number of aliphatic imine (C=N–C) groups is 1. The predicted octanol–water partition coefficient (Wildman–Crippen LogP) is 1.33. The molecule has 0 N–H and O–H groups in total. The van der Waals surface area contributed by atoms with Gasteiger partial charge in [-0.2, -0.15) is 0 Å². The number of nitrogens with zero attached hydrogens (tertiary/aromatic N) is 1. The summed E-state index contributed by atoms with van der Waals surface area (Å²) in [6, 6.07) is 0. The minimum atomic E-state index is -0.263. The van der Waals surface area contributed by atoms with Crippen molar-refractivity contribution >= 4 is 22.8 Å². The monoisotopic (exact) mass is 175 g/mol. The van der Waals surface area contributed by atoms with E-state index in [4.69, 9.17) is 0 Å². The van der Waals surface area contributed by atoms with Crippen LogP contribution in [0, 0.1) is 0 Å². The Hall–Kier alpha value is -0.510. The van der Waals surface area contributed by atoms with Crippen molar-refractivity contribution in [2.45, 2.75) is 13.8 Å². The van der Waals surface area contributed by atoms with E-state index in [1.54, 1.807) is 6.92 Å². The van der Waals surface area contributed by atoms with Gasteiger partial charge in [0.15, 0.2) is 0 Å². The number of ether oxygens (including phenoxy) is 1. The maximum atomic E-state index is 10.7. The molecule has 0 atom stereocenters. The first-order chi connectivity index (χ1) is 5.20. The van der Waals surface area contributed by atoms with Crippen LogP contribution in [0.3, 0.4) is 0 Å². The van der Waals surface area contributed by atoms with Crippen LogP contribution in [-0.4, -0.2) is 30.4 Å². The molecule has 0 aliphatic heterocycles. The van der Waals surface area contributed by atoms with E-state index >= 15 is 0 Å². The molecule has 0 unspecified atom stereocenters. The molecule has 0 aliphatic rings. The van der Waals surface area contributed by atoms with Gasteiger partial charge in [0.2, 0.25) is 0 Å². The number of hydrogen-bond acceptors (Lipinski definition) is 4. The Balaban J connectivity index is 3.60. The Kier molecular flexibility index (Phi) is 5.93. The first-order valence-electron chi connectivity index (χ1n) is 3.41. The molecule has 0 rings (SSSR count). The molecular formula is C7H13NO2S. The van der Waals surface area contributed by atoms with Gasteiger partial charge in [0.25, 0.3) is 0 Å². The van der Waals surface area contributed by atoms with Crippen LogP contribution in [0.15, 0.2) is 4.99 Å². The summed E-state index contributed by atoms with van der Waals surface area (Å²) in [5, 5.41) is 0.901. The number of rotatable bonds is 3. The number of thioether (sulfide) groups is 1. The molecule has 0 saturated carbocycles. The van der Waals surface area contributed by atoms with Crippen LogP contribution >= 0.6 is 11.8 Å². The lowest BCUT2D eigenvalue weighted by atomic mass is 10.6. The smallest absolute Gasteiger partial charge is 0.327 e. The van der Waals surface area contributed by atoms with Crippen molar-refractivity contribution in [2.24, 2.45) is 4.99 Å². The molecule has 4 heteroatoms. The van der Waals surface area contributed by atoms with Gasteiger partial charge in [-0.05, 0) is 20.1 Å². The molecule has 0 aromatic rings. The molecule has 64 valence electrons. The van der Waals surface area contributed by atoms with Crippen molar-refractivity contribution in [3.05, 3.63) is 0 Å². The number of carbonyl (C=O) groups excluding carboxylic acids is 1. The lowest BCUT2D eigenvalue weighted by molar-refractivity contribution is -0.141. The summed E-state index contributed by atoms with van der Waals surface area (Å²) in [7, 11) is 0. The number of carbonyl (C=O) groups is 1. The van der Waals surface area contributed by atoms with Gasteiger partial charge in [-0.3, -0.25) is 9.79 Å². The fourth-order valence-corrected chi connectivity index (χ4v) is 0.641. The van der Waals surface area contributed by atoms with E-state index in [-0.39, 0.29) is 12.5 Å². The molecule has 0 aromatic carbocycles. The van der Waals surface area contributed by atoms with Crippen molar-refractivity contribution in [1.29, 1.82) is 0 Å². The molecule has 0 amide bonds. The highest BCUT2D eigenvalue weighted by atomic mass is 32.2. The normalized spacial score (nSPS) is 11.4. The third-order valence-electron chi connectivity index (χ3n) is 1.03. The van der Waals surface area contributed by atoms with Crippen LogP contribution in [0.4, 0.5) is 0 Å². The topological polar surface area (TPSA) is 38.7 Å². The van der Waals surface area contributed by atoms with Gasteiger partial charge in [0.05, 0.1) is 11.7 Å². The van der Waals surface area contributed by atoms with Crippen molar-refractivity contribution < 1.29 is 9.53 Å². The molecular weight excluding hydrogens is 162 g/mol. The molecule has 3 nitrogen and oxygen atoms in total. The van der Waals surface area contributed by atoms with Gasteiger partial charge in [-0.25, -0.2) is 0 Å². The second-order valence-electron chi connectivity index (χ2n) is 1.84. The number of hydrogen-bond donors (Lipinski definition) is 0. The fourth-order valence-electron chi connectivity index (χ4n) is 0.447. The van der Waals surface area contributed by atoms with E-state index in [1.165, 1.54) is 11.8 Å². The Morgan fingerprint density at radius 1 is 1.64 bits per heavy atom. The predicted molar refractivity (Wildman–Crippen MR) is 48.1 cm³/mol. The molecule has 0 aromatic heterocycles. The third kappa shape index (κ3) is 5.91. The molecule has 0 fully saturated rings.